The van der Waals surface area contributed by atoms with E-state index in [2.05, 4.69) is 19.2 Å². The summed E-state index contributed by atoms with van der Waals surface area (Å²) in [5, 5.41) is 87.3. The first-order valence-corrected chi connectivity index (χ1v) is 35.9. The molecule has 2 heterocycles. The number of unbranched alkanes of at least 4 members (excludes halogenated alkanes) is 47. The highest BCUT2D eigenvalue weighted by atomic mass is 16.7. The summed E-state index contributed by atoms with van der Waals surface area (Å²) in [4.78, 5) is 13.3. The number of hydrogen-bond donors (Lipinski definition) is 9. The third kappa shape index (κ3) is 39.7. The van der Waals surface area contributed by atoms with Crippen molar-refractivity contribution >= 4 is 5.91 Å². The minimum Gasteiger partial charge on any atom is -0.394 e. The van der Waals surface area contributed by atoms with E-state index in [4.69, 9.17) is 18.9 Å². The molecule has 0 spiro atoms. The number of allylic oxidation sites excluding steroid dienone is 1. The van der Waals surface area contributed by atoms with Gasteiger partial charge in [0.25, 0.3) is 0 Å². The molecule has 2 saturated heterocycles. The van der Waals surface area contributed by atoms with Gasteiger partial charge in [0.1, 0.15) is 48.8 Å². The Bertz CT molecular complexity index is 1460. The number of amides is 1. The third-order valence-electron chi connectivity index (χ3n) is 18.0. The summed E-state index contributed by atoms with van der Waals surface area (Å²) >= 11 is 0. The molecular formula is C70H135NO13. The smallest absolute Gasteiger partial charge is 0.220 e. The van der Waals surface area contributed by atoms with Crippen LogP contribution in [-0.4, -0.2) is 140 Å². The van der Waals surface area contributed by atoms with Crippen LogP contribution in [0.1, 0.15) is 335 Å². The van der Waals surface area contributed by atoms with E-state index in [0.717, 1.165) is 38.5 Å². The molecule has 0 bridgehead atoms. The van der Waals surface area contributed by atoms with Gasteiger partial charge in [-0.2, -0.15) is 0 Å². The molecule has 1 amide bonds. The average molecular weight is 1200 g/mol. The van der Waals surface area contributed by atoms with Crippen molar-refractivity contribution in [3.8, 4) is 0 Å². The van der Waals surface area contributed by atoms with Crippen LogP contribution in [0.4, 0.5) is 0 Å². The lowest BCUT2D eigenvalue weighted by Gasteiger charge is -2.46. The second-order valence-corrected chi connectivity index (χ2v) is 25.7. The molecule has 2 aliphatic heterocycles. The van der Waals surface area contributed by atoms with Crippen LogP contribution < -0.4 is 5.32 Å². The number of rotatable bonds is 60. The Kier molecular flexibility index (Phi) is 52.3. The van der Waals surface area contributed by atoms with Crippen molar-refractivity contribution in [2.24, 2.45) is 0 Å². The van der Waals surface area contributed by atoms with Gasteiger partial charge in [-0.3, -0.25) is 4.79 Å². The molecule has 14 heteroatoms. The molecule has 498 valence electrons. The zero-order valence-electron chi connectivity index (χ0n) is 54.2. The van der Waals surface area contributed by atoms with Crippen LogP contribution in [0, 0.1) is 0 Å². The van der Waals surface area contributed by atoms with Gasteiger partial charge < -0.3 is 65.1 Å². The number of nitrogens with one attached hydrogen (secondary N) is 1. The zero-order valence-corrected chi connectivity index (χ0v) is 54.2. The second kappa shape index (κ2) is 55.8. The molecule has 9 N–H and O–H groups in total. The van der Waals surface area contributed by atoms with E-state index in [-0.39, 0.29) is 18.9 Å². The number of aliphatic hydroxyl groups is 8. The number of hydrogen-bond acceptors (Lipinski definition) is 13. The van der Waals surface area contributed by atoms with Gasteiger partial charge in [-0.1, -0.05) is 321 Å². The van der Waals surface area contributed by atoms with Crippen LogP contribution in [0.15, 0.2) is 12.2 Å². The summed E-state index contributed by atoms with van der Waals surface area (Å²) in [6, 6.07) is -0.910. The van der Waals surface area contributed by atoms with Crippen molar-refractivity contribution in [1.29, 1.82) is 0 Å². The van der Waals surface area contributed by atoms with Crippen LogP contribution in [0.25, 0.3) is 0 Å². The summed E-state index contributed by atoms with van der Waals surface area (Å²) in [7, 11) is 0. The molecule has 2 rings (SSSR count). The maximum absolute atomic E-state index is 13.3. The van der Waals surface area contributed by atoms with E-state index in [1.54, 1.807) is 6.08 Å². The van der Waals surface area contributed by atoms with Crippen LogP contribution in [0.2, 0.25) is 0 Å². The lowest BCUT2D eigenvalue weighted by molar-refractivity contribution is -0.359. The van der Waals surface area contributed by atoms with Crippen molar-refractivity contribution < 1.29 is 64.6 Å². The summed E-state index contributed by atoms with van der Waals surface area (Å²) in [6.07, 6.45) is 51.6. The van der Waals surface area contributed by atoms with Crippen molar-refractivity contribution in [2.75, 3.05) is 19.8 Å². The number of carbonyl (C=O) groups excluding carboxylic acids is 1. The first kappa shape index (κ1) is 78.8. The van der Waals surface area contributed by atoms with Gasteiger partial charge >= 0.3 is 0 Å². The molecule has 0 aliphatic carbocycles. The molecule has 0 radical (unpaired) electrons. The molecule has 2 fully saturated rings. The quantitative estimate of drug-likeness (QED) is 0.0204. The minimum atomic E-state index is -1.79. The van der Waals surface area contributed by atoms with E-state index in [1.165, 1.54) is 270 Å². The predicted molar refractivity (Wildman–Crippen MR) is 342 cm³/mol. The lowest BCUT2D eigenvalue weighted by atomic mass is 9.97. The molecule has 14 nitrogen and oxygen atoms in total. The highest BCUT2D eigenvalue weighted by Gasteiger charge is 2.51. The molecular weight excluding hydrogens is 1060 g/mol. The summed E-state index contributed by atoms with van der Waals surface area (Å²) < 4.78 is 22.8. The Hall–Kier alpha value is -1.27. The predicted octanol–water partition coefficient (Wildman–Crippen LogP) is 14.6. The highest BCUT2D eigenvalue weighted by molar-refractivity contribution is 5.76. The first-order valence-electron chi connectivity index (χ1n) is 35.9. The minimum absolute atomic E-state index is 0.232. The SMILES string of the molecule is CCCCCCCCCCCCCC/C=C/C(O)C(COC1OC(CO)C(OC2OC(CO)C(O)C(O)C2O)C(O)C1O)NC(=O)CCCCCCCCCCCCCCCCCCCCCCCCCCCCCCCCCCCCCC. The molecule has 84 heavy (non-hydrogen) atoms. The number of carbonyl (C=O) groups is 1. The fraction of sp³-hybridized carbons (Fsp3) is 0.957. The van der Waals surface area contributed by atoms with E-state index in [0.29, 0.717) is 6.42 Å². The van der Waals surface area contributed by atoms with Gasteiger partial charge in [0.15, 0.2) is 12.6 Å². The maximum atomic E-state index is 13.3. The van der Waals surface area contributed by atoms with Gasteiger partial charge in [0.2, 0.25) is 5.91 Å². The van der Waals surface area contributed by atoms with Crippen molar-refractivity contribution in [1.82, 2.24) is 5.32 Å². The van der Waals surface area contributed by atoms with Gasteiger partial charge in [-0.15, -0.1) is 0 Å². The number of aliphatic hydroxyl groups excluding tert-OH is 8. The third-order valence-corrected chi connectivity index (χ3v) is 18.0. The Balaban J connectivity index is 1.57. The van der Waals surface area contributed by atoms with Gasteiger partial charge in [0.05, 0.1) is 32.0 Å². The van der Waals surface area contributed by atoms with E-state index < -0.39 is 86.8 Å². The standard InChI is InChI=1S/C70H135NO13/c1-3-5-7-9-11-13-15-17-19-20-21-22-23-24-25-26-27-28-29-30-31-32-33-34-35-36-37-38-39-40-42-44-46-48-50-52-54-62(75)71-58(59(74)53-51-49-47-45-43-41-18-16-14-12-10-8-6-4-2)57-81-69-67(80)65(78)68(61(56-73)83-69)84-70-66(79)64(77)63(76)60(55-72)82-70/h51,53,58-61,63-70,72-74,76-80H,3-50,52,54-57H2,1-2H3,(H,71,75)/b53-51+. The first-order chi connectivity index (χ1) is 41.1. The molecule has 0 aromatic heterocycles. The molecule has 0 aromatic rings. The Labute approximate surface area is 514 Å². The van der Waals surface area contributed by atoms with Crippen LogP contribution in [0.3, 0.4) is 0 Å². The van der Waals surface area contributed by atoms with Crippen molar-refractivity contribution in [2.45, 2.75) is 408 Å². The van der Waals surface area contributed by atoms with Gasteiger partial charge in [-0.05, 0) is 19.3 Å². The van der Waals surface area contributed by atoms with Gasteiger partial charge in [0, 0.05) is 6.42 Å². The summed E-state index contributed by atoms with van der Waals surface area (Å²) in [5.74, 6) is -0.232. The van der Waals surface area contributed by atoms with Crippen LogP contribution >= 0.6 is 0 Å². The van der Waals surface area contributed by atoms with E-state index in [9.17, 15) is 45.6 Å². The van der Waals surface area contributed by atoms with Crippen molar-refractivity contribution in [3.63, 3.8) is 0 Å². The Morgan fingerprint density at radius 2 is 0.738 bits per heavy atom. The molecule has 12 atom stereocenters. The Morgan fingerprint density at radius 3 is 1.10 bits per heavy atom. The molecule has 0 aromatic carbocycles. The molecule has 12 unspecified atom stereocenters. The van der Waals surface area contributed by atoms with Gasteiger partial charge in [-0.25, -0.2) is 0 Å². The fourth-order valence-electron chi connectivity index (χ4n) is 12.2. The second-order valence-electron chi connectivity index (χ2n) is 25.7. The number of ether oxygens (including phenoxy) is 4. The fourth-order valence-corrected chi connectivity index (χ4v) is 12.2. The summed E-state index contributed by atoms with van der Waals surface area (Å²) in [6.45, 7) is 2.84. The van der Waals surface area contributed by atoms with Crippen LogP contribution in [0.5, 0.6) is 0 Å². The van der Waals surface area contributed by atoms with E-state index >= 15 is 0 Å². The zero-order chi connectivity index (χ0) is 60.9. The van der Waals surface area contributed by atoms with Crippen LogP contribution in [-0.2, 0) is 23.7 Å². The Morgan fingerprint density at radius 1 is 0.417 bits per heavy atom. The summed E-state index contributed by atoms with van der Waals surface area (Å²) in [5.41, 5.74) is 0. The topological polar surface area (TPSA) is 228 Å². The molecule has 2 aliphatic rings. The lowest BCUT2D eigenvalue weighted by Crippen LogP contribution is -2.65. The highest BCUT2D eigenvalue weighted by Crippen LogP contribution is 2.30. The monoisotopic (exact) mass is 1200 g/mol. The van der Waals surface area contributed by atoms with Crippen molar-refractivity contribution in [3.05, 3.63) is 12.2 Å². The molecule has 0 saturated carbocycles. The largest absolute Gasteiger partial charge is 0.394 e. The average Bonchev–Trinajstić information content (AvgIpc) is 3.58. The maximum Gasteiger partial charge on any atom is 0.220 e. The normalized spacial score (nSPS) is 23.6. The van der Waals surface area contributed by atoms with E-state index in [1.807, 2.05) is 6.08 Å².